The normalized spacial score (nSPS) is 27.3. The molecule has 0 amide bonds. The predicted octanol–water partition coefficient (Wildman–Crippen LogP) is 3.71. The molecule has 0 saturated heterocycles. The first-order valence-electron chi connectivity index (χ1n) is 7.96. The minimum atomic E-state index is 0.478. The van der Waals surface area contributed by atoms with Gasteiger partial charge in [0.1, 0.15) is 0 Å². The second-order valence-corrected chi connectivity index (χ2v) is 7.42. The molecule has 1 heterocycles. The lowest BCUT2D eigenvalue weighted by Crippen LogP contribution is -2.33. The van der Waals surface area contributed by atoms with Gasteiger partial charge in [0.25, 0.3) is 0 Å². The molecule has 0 bridgehead atoms. The van der Waals surface area contributed by atoms with Crippen LogP contribution in [0.15, 0.2) is 22.7 Å². The molecule has 20 heavy (non-hydrogen) atoms. The highest BCUT2D eigenvalue weighted by Gasteiger charge is 2.21. The van der Waals surface area contributed by atoms with Crippen molar-refractivity contribution >= 4 is 15.9 Å². The zero-order chi connectivity index (χ0) is 13.9. The summed E-state index contributed by atoms with van der Waals surface area (Å²) in [4.78, 5) is 2.63. The maximum Gasteiger partial charge on any atom is 0.0236 e. The molecule has 0 aromatic heterocycles. The lowest BCUT2D eigenvalue weighted by atomic mass is 9.84. The minimum Gasteiger partial charge on any atom is -0.328 e. The predicted molar refractivity (Wildman–Crippen MR) is 87.7 cm³/mol. The topological polar surface area (TPSA) is 29.3 Å². The largest absolute Gasteiger partial charge is 0.328 e. The second kappa shape index (κ2) is 6.59. The van der Waals surface area contributed by atoms with E-state index in [4.69, 9.17) is 5.73 Å². The summed E-state index contributed by atoms with van der Waals surface area (Å²) in [5, 5.41) is 0. The van der Waals surface area contributed by atoms with Gasteiger partial charge in [0.2, 0.25) is 0 Å². The third-order valence-corrected chi connectivity index (χ3v) is 5.50. The van der Waals surface area contributed by atoms with Gasteiger partial charge >= 0.3 is 0 Å². The lowest BCUT2D eigenvalue weighted by molar-refractivity contribution is 0.213. The van der Waals surface area contributed by atoms with Gasteiger partial charge in [0, 0.05) is 23.6 Å². The number of fused-ring (bicyclic) bond motifs is 1. The van der Waals surface area contributed by atoms with Crippen molar-refractivity contribution in [3.05, 3.63) is 33.8 Å². The van der Waals surface area contributed by atoms with Crippen LogP contribution < -0.4 is 5.73 Å². The fraction of sp³-hybridized carbons (Fsp3) is 0.647. The molecule has 3 rings (SSSR count). The molecule has 0 atom stereocenters. The first kappa shape index (κ1) is 14.6. The van der Waals surface area contributed by atoms with Crippen molar-refractivity contribution in [3.63, 3.8) is 0 Å². The van der Waals surface area contributed by atoms with Gasteiger partial charge in [-0.1, -0.05) is 22.0 Å². The zero-order valence-corrected chi connectivity index (χ0v) is 13.7. The molecule has 0 radical (unpaired) electrons. The van der Waals surface area contributed by atoms with Crippen molar-refractivity contribution in [2.75, 3.05) is 13.1 Å². The van der Waals surface area contributed by atoms with Gasteiger partial charge in [0.15, 0.2) is 0 Å². The summed E-state index contributed by atoms with van der Waals surface area (Å²) in [6, 6.07) is 7.22. The first-order valence-corrected chi connectivity index (χ1v) is 8.75. The fourth-order valence-electron chi connectivity index (χ4n) is 3.61. The fourth-order valence-corrected chi connectivity index (χ4v) is 4.02. The Kier molecular flexibility index (Phi) is 4.79. The van der Waals surface area contributed by atoms with Gasteiger partial charge in [0.05, 0.1) is 0 Å². The van der Waals surface area contributed by atoms with E-state index < -0.39 is 0 Å². The smallest absolute Gasteiger partial charge is 0.0236 e. The molecule has 1 aliphatic heterocycles. The van der Waals surface area contributed by atoms with Crippen molar-refractivity contribution < 1.29 is 0 Å². The molecular weight excluding hydrogens is 312 g/mol. The number of benzene rings is 1. The van der Waals surface area contributed by atoms with Crippen molar-refractivity contribution in [1.82, 2.24) is 4.90 Å². The standard InChI is InChI=1S/C17H25BrN2/c18-16-4-3-15-12-20(10-8-14(15)11-16)9-7-13-1-5-17(19)6-2-13/h3-4,11,13,17H,1-2,5-10,12,19H2/t13-,17-. The molecule has 3 heteroatoms. The van der Waals surface area contributed by atoms with Crippen molar-refractivity contribution in [1.29, 1.82) is 0 Å². The number of hydrogen-bond donors (Lipinski definition) is 1. The summed E-state index contributed by atoms with van der Waals surface area (Å²) in [5.41, 5.74) is 9.03. The van der Waals surface area contributed by atoms with E-state index in [2.05, 4.69) is 39.0 Å². The molecule has 0 unspecified atom stereocenters. The van der Waals surface area contributed by atoms with Crippen LogP contribution in [0, 0.1) is 5.92 Å². The van der Waals surface area contributed by atoms with Crippen molar-refractivity contribution in [2.24, 2.45) is 11.7 Å². The van der Waals surface area contributed by atoms with Crippen LogP contribution >= 0.6 is 15.9 Å². The molecule has 1 fully saturated rings. The Balaban J connectivity index is 1.49. The van der Waals surface area contributed by atoms with Crippen molar-refractivity contribution in [2.45, 2.75) is 51.1 Å². The van der Waals surface area contributed by atoms with Gasteiger partial charge in [-0.2, -0.15) is 0 Å². The number of hydrogen-bond acceptors (Lipinski definition) is 2. The Hall–Kier alpha value is -0.380. The summed E-state index contributed by atoms with van der Waals surface area (Å²) in [6.07, 6.45) is 7.73. The summed E-state index contributed by atoms with van der Waals surface area (Å²) in [6.45, 7) is 3.61. The quantitative estimate of drug-likeness (QED) is 0.911. The average Bonchev–Trinajstić information content (AvgIpc) is 2.46. The van der Waals surface area contributed by atoms with Crippen LogP contribution in [0.2, 0.25) is 0 Å². The summed E-state index contributed by atoms with van der Waals surface area (Å²) in [5.74, 6) is 0.918. The molecule has 1 aromatic carbocycles. The van der Waals surface area contributed by atoms with Gasteiger partial charge in [-0.15, -0.1) is 0 Å². The van der Waals surface area contributed by atoms with Gasteiger partial charge in [-0.05, 0) is 74.2 Å². The van der Waals surface area contributed by atoms with Crippen LogP contribution in [0.1, 0.15) is 43.2 Å². The Morgan fingerprint density at radius 3 is 2.75 bits per heavy atom. The minimum absolute atomic E-state index is 0.478. The van der Waals surface area contributed by atoms with E-state index >= 15 is 0 Å². The molecule has 110 valence electrons. The summed E-state index contributed by atoms with van der Waals surface area (Å²) in [7, 11) is 0. The number of nitrogens with zero attached hydrogens (tertiary/aromatic N) is 1. The van der Waals surface area contributed by atoms with Gasteiger partial charge in [-0.3, -0.25) is 4.90 Å². The van der Waals surface area contributed by atoms with E-state index in [-0.39, 0.29) is 0 Å². The number of nitrogens with two attached hydrogens (primary N) is 1. The Morgan fingerprint density at radius 2 is 1.95 bits per heavy atom. The van der Waals surface area contributed by atoms with E-state index in [1.54, 1.807) is 0 Å². The van der Waals surface area contributed by atoms with Crippen LogP contribution in [-0.4, -0.2) is 24.0 Å². The van der Waals surface area contributed by atoms with Crippen LogP contribution in [0.25, 0.3) is 0 Å². The second-order valence-electron chi connectivity index (χ2n) is 6.51. The summed E-state index contributed by atoms with van der Waals surface area (Å²) < 4.78 is 1.21. The highest BCUT2D eigenvalue weighted by molar-refractivity contribution is 9.10. The third kappa shape index (κ3) is 3.63. The van der Waals surface area contributed by atoms with E-state index in [9.17, 15) is 0 Å². The van der Waals surface area contributed by atoms with Crippen molar-refractivity contribution in [3.8, 4) is 0 Å². The Bertz CT molecular complexity index is 452. The summed E-state index contributed by atoms with van der Waals surface area (Å²) >= 11 is 3.57. The maximum absolute atomic E-state index is 5.99. The molecule has 2 nitrogen and oxygen atoms in total. The first-order chi connectivity index (χ1) is 9.70. The molecule has 2 aliphatic rings. The maximum atomic E-state index is 5.99. The van der Waals surface area contributed by atoms with Crippen LogP contribution in [0.5, 0.6) is 0 Å². The SMILES string of the molecule is N[C@H]1CC[C@H](CCN2CCc3cc(Br)ccc3C2)CC1. The number of halogens is 1. The molecule has 2 N–H and O–H groups in total. The zero-order valence-electron chi connectivity index (χ0n) is 12.2. The Labute approximate surface area is 130 Å². The van der Waals surface area contributed by atoms with E-state index in [0.717, 1.165) is 12.5 Å². The lowest BCUT2D eigenvalue weighted by Gasteiger charge is -2.32. The van der Waals surface area contributed by atoms with Crippen LogP contribution in [0.4, 0.5) is 0 Å². The van der Waals surface area contributed by atoms with E-state index in [1.807, 2.05) is 0 Å². The van der Waals surface area contributed by atoms with Gasteiger partial charge in [-0.25, -0.2) is 0 Å². The molecule has 1 aromatic rings. The van der Waals surface area contributed by atoms with Gasteiger partial charge < -0.3 is 5.73 Å². The van der Waals surface area contributed by atoms with E-state index in [0.29, 0.717) is 6.04 Å². The molecule has 1 saturated carbocycles. The monoisotopic (exact) mass is 336 g/mol. The Morgan fingerprint density at radius 1 is 1.15 bits per heavy atom. The third-order valence-electron chi connectivity index (χ3n) is 5.00. The number of rotatable bonds is 3. The van der Waals surface area contributed by atoms with Crippen LogP contribution in [0.3, 0.4) is 0 Å². The highest BCUT2D eigenvalue weighted by atomic mass is 79.9. The molecule has 1 aliphatic carbocycles. The highest BCUT2D eigenvalue weighted by Crippen LogP contribution is 2.27. The molecular formula is C17H25BrN2. The average molecular weight is 337 g/mol. The molecule has 0 spiro atoms. The van der Waals surface area contributed by atoms with Crippen LogP contribution in [-0.2, 0) is 13.0 Å². The van der Waals surface area contributed by atoms with E-state index in [1.165, 1.54) is 67.2 Å².